The fourth-order valence-corrected chi connectivity index (χ4v) is 1.86. The van der Waals surface area contributed by atoms with Crippen molar-refractivity contribution in [1.82, 2.24) is 0 Å². The highest BCUT2D eigenvalue weighted by molar-refractivity contribution is 6.01. The molecule has 2 heteroatoms. The van der Waals surface area contributed by atoms with E-state index in [2.05, 4.69) is 45.0 Å². The maximum Gasteiger partial charge on any atom is 0.148 e. The van der Waals surface area contributed by atoms with E-state index in [-0.39, 0.29) is 6.23 Å². The lowest BCUT2D eigenvalue weighted by molar-refractivity contribution is 0.0670. The van der Waals surface area contributed by atoms with Crippen molar-refractivity contribution in [2.75, 3.05) is 6.61 Å². The molecule has 1 rings (SSSR count). The number of ether oxygens (including phenoxy) is 1. The Hall–Kier alpha value is -1.15. The third-order valence-corrected chi connectivity index (χ3v) is 2.80. The molecule has 0 fully saturated rings. The standard InChI is InChI=1S/C15H23NO/c1-5-14(16-15(6-2)17-7-3)13-11-9-8-10-12(13)4/h8-11,15H,5-7H2,1-4H3/b16-14+. The van der Waals surface area contributed by atoms with Crippen LogP contribution in [-0.2, 0) is 4.74 Å². The van der Waals surface area contributed by atoms with Crippen molar-refractivity contribution in [3.05, 3.63) is 35.4 Å². The van der Waals surface area contributed by atoms with Gasteiger partial charge in [-0.25, -0.2) is 0 Å². The molecule has 17 heavy (non-hydrogen) atoms. The third kappa shape index (κ3) is 3.97. The van der Waals surface area contributed by atoms with E-state index >= 15 is 0 Å². The molecule has 1 unspecified atom stereocenters. The van der Waals surface area contributed by atoms with E-state index in [0.29, 0.717) is 6.61 Å². The first kappa shape index (κ1) is 13.9. The highest BCUT2D eigenvalue weighted by Crippen LogP contribution is 2.13. The first-order valence-corrected chi connectivity index (χ1v) is 6.47. The zero-order valence-corrected chi connectivity index (χ0v) is 11.4. The summed E-state index contributed by atoms with van der Waals surface area (Å²) in [6.07, 6.45) is 1.85. The van der Waals surface area contributed by atoms with E-state index in [9.17, 15) is 0 Å². The number of benzene rings is 1. The Morgan fingerprint density at radius 3 is 2.47 bits per heavy atom. The molecule has 0 saturated heterocycles. The molecule has 0 aromatic heterocycles. The third-order valence-electron chi connectivity index (χ3n) is 2.80. The fraction of sp³-hybridized carbons (Fsp3) is 0.533. The van der Waals surface area contributed by atoms with Crippen molar-refractivity contribution >= 4 is 5.71 Å². The minimum absolute atomic E-state index is 0.00504. The van der Waals surface area contributed by atoms with Gasteiger partial charge in [0.2, 0.25) is 0 Å². The van der Waals surface area contributed by atoms with Gasteiger partial charge in [-0.3, -0.25) is 4.99 Å². The molecule has 0 heterocycles. The quantitative estimate of drug-likeness (QED) is 0.681. The van der Waals surface area contributed by atoms with Crippen LogP contribution in [-0.4, -0.2) is 18.5 Å². The van der Waals surface area contributed by atoms with Crippen LogP contribution in [0.2, 0.25) is 0 Å². The summed E-state index contributed by atoms with van der Waals surface area (Å²) in [4.78, 5) is 4.73. The predicted octanol–water partition coefficient (Wildman–Crippen LogP) is 3.97. The van der Waals surface area contributed by atoms with Crippen molar-refractivity contribution in [2.45, 2.75) is 46.8 Å². The molecule has 2 nitrogen and oxygen atoms in total. The summed E-state index contributed by atoms with van der Waals surface area (Å²) in [6, 6.07) is 8.39. The molecular formula is C15H23NO. The summed E-state index contributed by atoms with van der Waals surface area (Å²) in [5.74, 6) is 0. The Kier molecular flexibility index (Phi) is 5.92. The molecule has 0 aliphatic rings. The Labute approximate surface area is 105 Å². The summed E-state index contributed by atoms with van der Waals surface area (Å²) in [5.41, 5.74) is 3.66. The van der Waals surface area contributed by atoms with E-state index in [1.54, 1.807) is 0 Å². The van der Waals surface area contributed by atoms with Crippen molar-refractivity contribution in [1.29, 1.82) is 0 Å². The normalized spacial score (nSPS) is 13.8. The average molecular weight is 233 g/mol. The van der Waals surface area contributed by atoms with Crippen LogP contribution in [0.1, 0.15) is 44.7 Å². The van der Waals surface area contributed by atoms with Crippen LogP contribution < -0.4 is 0 Å². The molecule has 0 radical (unpaired) electrons. The SMILES string of the molecule is CCOC(CC)/N=C(\CC)c1ccccc1C. The first-order chi connectivity index (χ1) is 8.22. The Morgan fingerprint density at radius 1 is 1.24 bits per heavy atom. The molecule has 1 aromatic carbocycles. The maximum atomic E-state index is 5.60. The minimum Gasteiger partial charge on any atom is -0.357 e. The Balaban J connectivity index is 2.98. The van der Waals surface area contributed by atoms with Gasteiger partial charge >= 0.3 is 0 Å². The second-order valence-corrected chi connectivity index (χ2v) is 4.06. The van der Waals surface area contributed by atoms with Crippen LogP contribution >= 0.6 is 0 Å². The topological polar surface area (TPSA) is 21.6 Å². The molecule has 0 spiro atoms. The van der Waals surface area contributed by atoms with Crippen molar-refractivity contribution in [2.24, 2.45) is 4.99 Å². The second-order valence-electron chi connectivity index (χ2n) is 4.06. The van der Waals surface area contributed by atoms with Crippen molar-refractivity contribution < 1.29 is 4.74 Å². The van der Waals surface area contributed by atoms with Gasteiger partial charge in [-0.1, -0.05) is 38.1 Å². The second kappa shape index (κ2) is 7.23. The van der Waals surface area contributed by atoms with Gasteiger partial charge < -0.3 is 4.74 Å². The summed E-state index contributed by atoms with van der Waals surface area (Å²) < 4.78 is 5.60. The summed E-state index contributed by atoms with van der Waals surface area (Å²) in [5, 5.41) is 0. The summed E-state index contributed by atoms with van der Waals surface area (Å²) in [7, 11) is 0. The van der Waals surface area contributed by atoms with Crippen LogP contribution in [0.25, 0.3) is 0 Å². The molecule has 0 amide bonds. The lowest BCUT2D eigenvalue weighted by Gasteiger charge is -2.14. The van der Waals surface area contributed by atoms with E-state index in [4.69, 9.17) is 9.73 Å². The number of nitrogens with zero attached hydrogens (tertiary/aromatic N) is 1. The van der Waals surface area contributed by atoms with Gasteiger partial charge in [0.15, 0.2) is 0 Å². The summed E-state index contributed by atoms with van der Waals surface area (Å²) in [6.45, 7) is 9.10. The zero-order valence-electron chi connectivity index (χ0n) is 11.4. The number of rotatable bonds is 6. The van der Waals surface area contributed by atoms with Crippen molar-refractivity contribution in [3.8, 4) is 0 Å². The molecule has 0 bridgehead atoms. The highest BCUT2D eigenvalue weighted by atomic mass is 16.5. The maximum absolute atomic E-state index is 5.60. The molecule has 0 aliphatic heterocycles. The molecule has 0 N–H and O–H groups in total. The smallest absolute Gasteiger partial charge is 0.148 e. The van der Waals surface area contributed by atoms with Crippen molar-refractivity contribution in [3.63, 3.8) is 0 Å². The number of aryl methyl sites for hydroxylation is 1. The van der Waals surface area contributed by atoms with Gasteiger partial charge in [-0.05, 0) is 37.8 Å². The first-order valence-electron chi connectivity index (χ1n) is 6.47. The Morgan fingerprint density at radius 2 is 1.94 bits per heavy atom. The van der Waals surface area contributed by atoms with Gasteiger partial charge in [-0.2, -0.15) is 0 Å². The van der Waals surface area contributed by atoms with Crippen LogP contribution in [0.4, 0.5) is 0 Å². The van der Waals surface area contributed by atoms with Crippen LogP contribution in [0.15, 0.2) is 29.3 Å². The number of hydrogen-bond donors (Lipinski definition) is 0. The largest absolute Gasteiger partial charge is 0.357 e. The lowest BCUT2D eigenvalue weighted by atomic mass is 10.0. The average Bonchev–Trinajstić information content (AvgIpc) is 2.35. The molecule has 1 aromatic rings. The van der Waals surface area contributed by atoms with Gasteiger partial charge in [0.25, 0.3) is 0 Å². The fourth-order valence-electron chi connectivity index (χ4n) is 1.86. The van der Waals surface area contributed by atoms with E-state index in [0.717, 1.165) is 18.6 Å². The van der Waals surface area contributed by atoms with E-state index in [1.165, 1.54) is 11.1 Å². The number of aliphatic imine (C=N–C) groups is 1. The lowest BCUT2D eigenvalue weighted by Crippen LogP contribution is -2.13. The van der Waals surface area contributed by atoms with Crippen LogP contribution in [0.3, 0.4) is 0 Å². The van der Waals surface area contributed by atoms with E-state index in [1.807, 2.05) is 6.92 Å². The highest BCUT2D eigenvalue weighted by Gasteiger charge is 2.08. The molecule has 94 valence electrons. The summed E-state index contributed by atoms with van der Waals surface area (Å²) >= 11 is 0. The van der Waals surface area contributed by atoms with Gasteiger partial charge in [0.05, 0.1) is 0 Å². The van der Waals surface area contributed by atoms with Gasteiger partial charge in [0.1, 0.15) is 6.23 Å². The molecular weight excluding hydrogens is 210 g/mol. The van der Waals surface area contributed by atoms with Crippen LogP contribution in [0.5, 0.6) is 0 Å². The molecule has 1 atom stereocenters. The Bertz CT molecular complexity index is 371. The monoisotopic (exact) mass is 233 g/mol. The van der Waals surface area contributed by atoms with Gasteiger partial charge in [0, 0.05) is 12.3 Å². The predicted molar refractivity (Wildman–Crippen MR) is 73.7 cm³/mol. The molecule has 0 saturated carbocycles. The molecule has 0 aliphatic carbocycles. The number of hydrogen-bond acceptors (Lipinski definition) is 2. The van der Waals surface area contributed by atoms with E-state index < -0.39 is 0 Å². The minimum atomic E-state index is -0.00504. The zero-order chi connectivity index (χ0) is 12.7. The van der Waals surface area contributed by atoms with Gasteiger partial charge in [-0.15, -0.1) is 0 Å². The van der Waals surface area contributed by atoms with Crippen LogP contribution in [0, 0.1) is 6.92 Å².